The van der Waals surface area contributed by atoms with E-state index in [4.69, 9.17) is 23.2 Å². The Morgan fingerprint density at radius 1 is 1.20 bits per heavy atom. The van der Waals surface area contributed by atoms with Crippen molar-refractivity contribution in [3.8, 4) is 0 Å². The van der Waals surface area contributed by atoms with Gasteiger partial charge in [-0.2, -0.15) is 5.10 Å². The Kier molecular flexibility index (Phi) is 3.61. The number of rotatable bonds is 3. The summed E-state index contributed by atoms with van der Waals surface area (Å²) < 4.78 is 1.67. The van der Waals surface area contributed by atoms with Crippen molar-refractivity contribution in [1.82, 2.24) is 14.6 Å². The minimum atomic E-state index is -0.742. The molecule has 4 nitrogen and oxygen atoms in total. The second-order valence-corrected chi connectivity index (χ2v) is 5.24. The van der Waals surface area contributed by atoms with E-state index in [-0.39, 0.29) is 0 Å². The first-order valence-corrected chi connectivity index (χ1v) is 6.80. The largest absolute Gasteiger partial charge is 0.388 e. The summed E-state index contributed by atoms with van der Waals surface area (Å²) in [6, 6.07) is 5.29. The van der Waals surface area contributed by atoms with Crippen molar-refractivity contribution in [3.05, 3.63) is 64.2 Å². The van der Waals surface area contributed by atoms with Crippen LogP contribution in [0, 0.1) is 0 Å². The van der Waals surface area contributed by atoms with E-state index < -0.39 is 6.10 Å². The lowest BCUT2D eigenvalue weighted by atomic mass is 10.0. The maximum atomic E-state index is 10.4. The van der Waals surface area contributed by atoms with Crippen LogP contribution in [-0.2, 0) is 6.42 Å². The summed E-state index contributed by atoms with van der Waals surface area (Å²) in [5.74, 6) is 0. The van der Waals surface area contributed by atoms with Gasteiger partial charge in [0.1, 0.15) is 0 Å². The summed E-state index contributed by atoms with van der Waals surface area (Å²) in [7, 11) is 0. The third-order valence-corrected chi connectivity index (χ3v) is 3.88. The van der Waals surface area contributed by atoms with Crippen molar-refractivity contribution >= 4 is 28.7 Å². The minimum Gasteiger partial charge on any atom is -0.388 e. The molecule has 0 aliphatic rings. The first kappa shape index (κ1) is 13.4. The van der Waals surface area contributed by atoms with Crippen LogP contribution in [0.3, 0.4) is 0 Å². The van der Waals surface area contributed by atoms with Crippen molar-refractivity contribution in [2.24, 2.45) is 0 Å². The van der Waals surface area contributed by atoms with Crippen LogP contribution in [0.1, 0.15) is 17.2 Å². The summed E-state index contributed by atoms with van der Waals surface area (Å²) >= 11 is 12.2. The predicted octanol–water partition coefficient (Wildman–Crippen LogP) is 3.31. The molecule has 0 radical (unpaired) electrons. The maximum Gasteiger partial charge on any atom is 0.0903 e. The Hall–Kier alpha value is -1.62. The Labute approximate surface area is 125 Å². The lowest BCUT2D eigenvalue weighted by molar-refractivity contribution is 0.180. The van der Waals surface area contributed by atoms with Gasteiger partial charge in [0.05, 0.1) is 24.0 Å². The van der Waals surface area contributed by atoms with Gasteiger partial charge in [-0.1, -0.05) is 29.3 Å². The molecule has 102 valence electrons. The average molecular weight is 308 g/mol. The Bertz CT molecular complexity index is 737. The number of aliphatic hydroxyl groups is 1. The van der Waals surface area contributed by atoms with Gasteiger partial charge < -0.3 is 5.11 Å². The van der Waals surface area contributed by atoms with E-state index in [9.17, 15) is 5.11 Å². The number of hydrogen-bond acceptors (Lipinski definition) is 3. The highest BCUT2D eigenvalue weighted by Gasteiger charge is 2.17. The van der Waals surface area contributed by atoms with E-state index in [1.807, 2.05) is 0 Å². The fraction of sp³-hybridized carbons (Fsp3) is 0.143. The maximum absolute atomic E-state index is 10.4. The summed E-state index contributed by atoms with van der Waals surface area (Å²) in [5.41, 5.74) is 2.20. The van der Waals surface area contributed by atoms with Gasteiger partial charge in [0, 0.05) is 34.4 Å². The van der Waals surface area contributed by atoms with Crippen molar-refractivity contribution in [1.29, 1.82) is 0 Å². The van der Waals surface area contributed by atoms with Crippen LogP contribution < -0.4 is 0 Å². The van der Waals surface area contributed by atoms with Gasteiger partial charge in [0.15, 0.2) is 0 Å². The number of fused-ring (bicyclic) bond motifs is 1. The third-order valence-electron chi connectivity index (χ3n) is 3.17. The van der Waals surface area contributed by atoms with Gasteiger partial charge >= 0.3 is 0 Å². The highest BCUT2D eigenvalue weighted by atomic mass is 35.5. The van der Waals surface area contributed by atoms with Crippen molar-refractivity contribution in [3.63, 3.8) is 0 Å². The molecule has 0 aliphatic heterocycles. The second-order valence-electron chi connectivity index (χ2n) is 4.43. The zero-order chi connectivity index (χ0) is 14.1. The predicted molar refractivity (Wildman–Crippen MR) is 78.1 cm³/mol. The molecule has 0 bridgehead atoms. The van der Waals surface area contributed by atoms with Gasteiger partial charge in [-0.3, -0.25) is 4.98 Å². The van der Waals surface area contributed by atoms with Crippen LogP contribution in [0.25, 0.3) is 5.52 Å². The van der Waals surface area contributed by atoms with Crippen molar-refractivity contribution in [2.75, 3.05) is 0 Å². The van der Waals surface area contributed by atoms with E-state index in [1.54, 1.807) is 47.5 Å². The van der Waals surface area contributed by atoms with Crippen LogP contribution in [0.5, 0.6) is 0 Å². The second kappa shape index (κ2) is 5.40. The first-order chi connectivity index (χ1) is 9.66. The van der Waals surface area contributed by atoms with E-state index in [0.29, 0.717) is 22.0 Å². The fourth-order valence-electron chi connectivity index (χ4n) is 2.14. The van der Waals surface area contributed by atoms with Gasteiger partial charge in [-0.25, -0.2) is 4.52 Å². The molecule has 1 aromatic carbocycles. The molecule has 0 saturated heterocycles. The Morgan fingerprint density at radius 3 is 2.70 bits per heavy atom. The standard InChI is InChI=1S/C14H11Cl2N3O/c15-11-2-1-3-12(16)9(11)6-14(20)10-7-18-19-5-4-17-8-13(10)19/h1-5,7-8,14,20H,6H2. The summed E-state index contributed by atoms with van der Waals surface area (Å²) in [5, 5.41) is 15.7. The zero-order valence-electron chi connectivity index (χ0n) is 10.4. The summed E-state index contributed by atoms with van der Waals surface area (Å²) in [4.78, 5) is 4.05. The summed E-state index contributed by atoms with van der Waals surface area (Å²) in [6.45, 7) is 0. The average Bonchev–Trinajstić information content (AvgIpc) is 2.87. The molecule has 0 fully saturated rings. The molecule has 1 N–H and O–H groups in total. The van der Waals surface area contributed by atoms with Crippen LogP contribution in [0.15, 0.2) is 43.0 Å². The highest BCUT2D eigenvalue weighted by Crippen LogP contribution is 2.30. The minimum absolute atomic E-state index is 0.328. The molecule has 0 amide bonds. The molecular formula is C14H11Cl2N3O. The molecule has 1 atom stereocenters. The summed E-state index contributed by atoms with van der Waals surface area (Å²) in [6.07, 6.45) is 6.25. The third kappa shape index (κ3) is 2.38. The van der Waals surface area contributed by atoms with Gasteiger partial charge in [0.25, 0.3) is 0 Å². The molecular weight excluding hydrogens is 297 g/mol. The lowest BCUT2D eigenvalue weighted by Crippen LogP contribution is -2.03. The van der Waals surface area contributed by atoms with Crippen LogP contribution in [-0.4, -0.2) is 19.7 Å². The highest BCUT2D eigenvalue weighted by molar-refractivity contribution is 6.36. The van der Waals surface area contributed by atoms with Crippen LogP contribution in [0.4, 0.5) is 0 Å². The van der Waals surface area contributed by atoms with Gasteiger partial charge in [-0.05, 0) is 17.7 Å². The number of halogens is 2. The van der Waals surface area contributed by atoms with E-state index in [2.05, 4.69) is 10.1 Å². The molecule has 2 heterocycles. The van der Waals surface area contributed by atoms with E-state index in [1.165, 1.54) is 0 Å². The normalized spacial score (nSPS) is 12.8. The number of aliphatic hydroxyl groups excluding tert-OH is 1. The van der Waals surface area contributed by atoms with Crippen molar-refractivity contribution in [2.45, 2.75) is 12.5 Å². The molecule has 0 saturated carbocycles. The Morgan fingerprint density at radius 2 is 1.95 bits per heavy atom. The number of hydrogen-bond donors (Lipinski definition) is 1. The number of benzene rings is 1. The molecule has 0 spiro atoms. The quantitative estimate of drug-likeness (QED) is 0.807. The Balaban J connectivity index is 1.95. The number of aromatic nitrogens is 3. The molecule has 1 unspecified atom stereocenters. The fourth-order valence-corrected chi connectivity index (χ4v) is 2.69. The smallest absolute Gasteiger partial charge is 0.0903 e. The monoisotopic (exact) mass is 307 g/mol. The van der Waals surface area contributed by atoms with Crippen LogP contribution in [0.2, 0.25) is 10.0 Å². The molecule has 3 rings (SSSR count). The SMILES string of the molecule is OC(Cc1c(Cl)cccc1Cl)c1cnn2ccncc12. The molecule has 6 heteroatoms. The van der Waals surface area contributed by atoms with Gasteiger partial charge in [0.2, 0.25) is 0 Å². The van der Waals surface area contributed by atoms with E-state index >= 15 is 0 Å². The topological polar surface area (TPSA) is 50.4 Å². The lowest BCUT2D eigenvalue weighted by Gasteiger charge is -2.12. The van der Waals surface area contributed by atoms with Gasteiger partial charge in [-0.15, -0.1) is 0 Å². The van der Waals surface area contributed by atoms with Crippen LogP contribution >= 0.6 is 23.2 Å². The molecule has 3 aromatic rings. The first-order valence-electron chi connectivity index (χ1n) is 6.05. The van der Waals surface area contributed by atoms with Crippen molar-refractivity contribution < 1.29 is 5.11 Å². The number of nitrogens with zero attached hydrogens (tertiary/aromatic N) is 3. The van der Waals surface area contributed by atoms with E-state index in [0.717, 1.165) is 11.1 Å². The molecule has 0 aliphatic carbocycles. The molecule has 20 heavy (non-hydrogen) atoms. The molecule has 2 aromatic heterocycles. The zero-order valence-corrected chi connectivity index (χ0v) is 11.9.